The van der Waals surface area contributed by atoms with Crippen molar-refractivity contribution in [3.8, 4) is 5.69 Å². The quantitative estimate of drug-likeness (QED) is 0.692. The standard InChI is InChI=1S/C21H23F2N5O/c1-3-14-9-16(7-8-17(14)15-10-24-25-11-15)28-21(29)27(13(2)26-28)12-18-19(22)5-4-6-20(18)23/h4-9,15,24-25H,3,10-12H2,1-2H3. The molecule has 8 heteroatoms. The topological polar surface area (TPSA) is 63.9 Å². The maximum absolute atomic E-state index is 14.0. The van der Waals surface area contributed by atoms with Gasteiger partial charge in [-0.15, -0.1) is 0 Å². The van der Waals surface area contributed by atoms with Crippen LogP contribution in [0.5, 0.6) is 0 Å². The van der Waals surface area contributed by atoms with E-state index in [0.29, 0.717) is 17.4 Å². The van der Waals surface area contributed by atoms with Crippen LogP contribution in [0.1, 0.15) is 35.4 Å². The lowest BCUT2D eigenvalue weighted by Gasteiger charge is -2.14. The molecule has 0 radical (unpaired) electrons. The van der Waals surface area contributed by atoms with E-state index >= 15 is 0 Å². The zero-order chi connectivity index (χ0) is 20.5. The molecule has 0 unspecified atom stereocenters. The first-order chi connectivity index (χ1) is 14.0. The predicted molar refractivity (Wildman–Crippen MR) is 106 cm³/mol. The highest BCUT2D eigenvalue weighted by atomic mass is 19.1. The van der Waals surface area contributed by atoms with E-state index in [9.17, 15) is 13.6 Å². The molecule has 1 aliphatic heterocycles. The Labute approximate surface area is 167 Å². The summed E-state index contributed by atoms with van der Waals surface area (Å²) < 4.78 is 30.6. The molecular formula is C21H23F2N5O. The molecule has 0 bridgehead atoms. The zero-order valence-electron chi connectivity index (χ0n) is 16.4. The van der Waals surface area contributed by atoms with Gasteiger partial charge in [0.2, 0.25) is 0 Å². The third-order valence-electron chi connectivity index (χ3n) is 5.44. The number of benzene rings is 2. The van der Waals surface area contributed by atoms with Gasteiger partial charge in [0.25, 0.3) is 0 Å². The van der Waals surface area contributed by atoms with E-state index in [1.54, 1.807) is 6.92 Å². The number of hydrogen-bond donors (Lipinski definition) is 2. The Hall–Kier alpha value is -2.84. The van der Waals surface area contributed by atoms with Gasteiger partial charge in [-0.25, -0.2) is 13.6 Å². The summed E-state index contributed by atoms with van der Waals surface area (Å²) in [6.07, 6.45) is 0.828. The molecular weight excluding hydrogens is 376 g/mol. The average Bonchev–Trinajstić information content (AvgIpc) is 3.34. The van der Waals surface area contributed by atoms with Crippen molar-refractivity contribution in [3.05, 3.63) is 81.0 Å². The van der Waals surface area contributed by atoms with E-state index in [1.165, 1.54) is 33.0 Å². The molecule has 4 rings (SSSR count). The highest BCUT2D eigenvalue weighted by Crippen LogP contribution is 2.24. The van der Waals surface area contributed by atoms with Crippen molar-refractivity contribution in [3.63, 3.8) is 0 Å². The molecule has 1 saturated heterocycles. The number of hydrazine groups is 1. The summed E-state index contributed by atoms with van der Waals surface area (Å²) in [6.45, 7) is 5.23. The van der Waals surface area contributed by atoms with Gasteiger partial charge >= 0.3 is 5.69 Å². The third-order valence-corrected chi connectivity index (χ3v) is 5.44. The van der Waals surface area contributed by atoms with Crippen LogP contribution in [0.2, 0.25) is 0 Å². The summed E-state index contributed by atoms with van der Waals surface area (Å²) in [5, 5.41) is 4.34. The Kier molecular flexibility index (Phi) is 5.29. The fourth-order valence-corrected chi connectivity index (χ4v) is 3.80. The summed E-state index contributed by atoms with van der Waals surface area (Å²) >= 11 is 0. The molecule has 2 N–H and O–H groups in total. The Morgan fingerprint density at radius 3 is 2.48 bits per heavy atom. The van der Waals surface area contributed by atoms with Crippen molar-refractivity contribution in [1.29, 1.82) is 0 Å². The van der Waals surface area contributed by atoms with Gasteiger partial charge in [-0.05, 0) is 48.7 Å². The van der Waals surface area contributed by atoms with Crippen molar-refractivity contribution in [2.75, 3.05) is 13.1 Å². The Morgan fingerprint density at radius 1 is 1.14 bits per heavy atom. The van der Waals surface area contributed by atoms with Crippen LogP contribution >= 0.6 is 0 Å². The number of halogens is 2. The second-order valence-corrected chi connectivity index (χ2v) is 7.22. The van der Waals surface area contributed by atoms with Crippen LogP contribution in [0, 0.1) is 18.6 Å². The summed E-state index contributed by atoms with van der Waals surface area (Å²) in [5.41, 5.74) is 8.74. The molecule has 0 saturated carbocycles. The lowest BCUT2D eigenvalue weighted by atomic mass is 9.93. The smallest absolute Gasteiger partial charge is 0.274 e. The van der Waals surface area contributed by atoms with Crippen molar-refractivity contribution >= 4 is 0 Å². The van der Waals surface area contributed by atoms with Crippen LogP contribution in [-0.2, 0) is 13.0 Å². The Bertz CT molecular complexity index is 1080. The fraction of sp³-hybridized carbons (Fsp3) is 0.333. The van der Waals surface area contributed by atoms with Gasteiger partial charge in [0.1, 0.15) is 17.5 Å². The summed E-state index contributed by atoms with van der Waals surface area (Å²) in [7, 11) is 0. The minimum Gasteiger partial charge on any atom is -0.274 e. The van der Waals surface area contributed by atoms with Gasteiger partial charge < -0.3 is 0 Å². The van der Waals surface area contributed by atoms with Crippen LogP contribution in [0.15, 0.2) is 41.2 Å². The van der Waals surface area contributed by atoms with Crippen LogP contribution < -0.4 is 16.5 Å². The predicted octanol–water partition coefficient (Wildman–Crippen LogP) is 2.42. The van der Waals surface area contributed by atoms with Gasteiger partial charge in [-0.3, -0.25) is 15.4 Å². The molecule has 0 spiro atoms. The van der Waals surface area contributed by atoms with Gasteiger partial charge in [0, 0.05) is 24.6 Å². The average molecular weight is 399 g/mol. The number of rotatable bonds is 5. The van der Waals surface area contributed by atoms with Crippen LogP contribution in [0.3, 0.4) is 0 Å². The monoisotopic (exact) mass is 399 g/mol. The van der Waals surface area contributed by atoms with Crippen LogP contribution in [0.25, 0.3) is 5.69 Å². The van der Waals surface area contributed by atoms with Crippen LogP contribution in [0.4, 0.5) is 8.78 Å². The highest BCUT2D eigenvalue weighted by molar-refractivity contribution is 5.42. The molecule has 0 amide bonds. The maximum Gasteiger partial charge on any atom is 0.351 e. The first-order valence-electron chi connectivity index (χ1n) is 9.67. The second kappa shape index (κ2) is 7.88. The van der Waals surface area contributed by atoms with Gasteiger partial charge in [-0.2, -0.15) is 9.78 Å². The maximum atomic E-state index is 14.0. The SMILES string of the molecule is CCc1cc(-n2nc(C)n(Cc3c(F)cccc3F)c2=O)ccc1C1CNNC1. The molecule has 0 aliphatic carbocycles. The minimum absolute atomic E-state index is 0.150. The van der Waals surface area contributed by atoms with Gasteiger partial charge in [0.15, 0.2) is 0 Å². The summed E-state index contributed by atoms with van der Waals surface area (Å²) in [5.74, 6) is -0.594. The van der Waals surface area contributed by atoms with Crippen molar-refractivity contribution < 1.29 is 8.78 Å². The summed E-state index contributed by atoms with van der Waals surface area (Å²) in [6, 6.07) is 9.54. The van der Waals surface area contributed by atoms with Gasteiger partial charge in [-0.1, -0.05) is 19.1 Å². The molecule has 1 aliphatic rings. The molecule has 6 nitrogen and oxygen atoms in total. The molecule has 29 heavy (non-hydrogen) atoms. The Morgan fingerprint density at radius 2 is 1.83 bits per heavy atom. The molecule has 2 aromatic carbocycles. The van der Waals surface area contributed by atoms with Crippen molar-refractivity contribution in [1.82, 2.24) is 25.2 Å². The van der Waals surface area contributed by atoms with Crippen molar-refractivity contribution in [2.24, 2.45) is 0 Å². The first-order valence-corrected chi connectivity index (χ1v) is 9.67. The van der Waals surface area contributed by atoms with Crippen molar-refractivity contribution in [2.45, 2.75) is 32.7 Å². The van der Waals surface area contributed by atoms with E-state index in [-0.39, 0.29) is 12.1 Å². The number of nitrogens with zero attached hydrogens (tertiary/aromatic N) is 3. The molecule has 3 aromatic rings. The highest BCUT2D eigenvalue weighted by Gasteiger charge is 2.21. The second-order valence-electron chi connectivity index (χ2n) is 7.22. The number of aryl methyl sites for hydroxylation is 2. The first kappa shape index (κ1) is 19.5. The number of nitrogens with one attached hydrogen (secondary N) is 2. The minimum atomic E-state index is -0.680. The molecule has 152 valence electrons. The largest absolute Gasteiger partial charge is 0.351 e. The lowest BCUT2D eigenvalue weighted by molar-refractivity contribution is 0.539. The van der Waals surface area contributed by atoms with E-state index in [4.69, 9.17) is 0 Å². The van der Waals surface area contributed by atoms with Crippen LogP contribution in [-0.4, -0.2) is 27.4 Å². The molecule has 2 heterocycles. The van der Waals surface area contributed by atoms with E-state index < -0.39 is 17.3 Å². The molecule has 1 fully saturated rings. The van der Waals surface area contributed by atoms with E-state index in [0.717, 1.165) is 25.1 Å². The number of aromatic nitrogens is 3. The molecule has 0 atom stereocenters. The van der Waals surface area contributed by atoms with Gasteiger partial charge in [0.05, 0.1) is 12.2 Å². The zero-order valence-corrected chi connectivity index (χ0v) is 16.4. The normalized spacial score (nSPS) is 14.6. The van der Waals surface area contributed by atoms with E-state index in [1.807, 2.05) is 18.2 Å². The number of hydrogen-bond acceptors (Lipinski definition) is 4. The molecule has 1 aromatic heterocycles. The lowest BCUT2D eigenvalue weighted by Crippen LogP contribution is -2.25. The van der Waals surface area contributed by atoms with E-state index in [2.05, 4.69) is 22.9 Å². The Balaban J connectivity index is 1.72. The fourth-order valence-electron chi connectivity index (χ4n) is 3.80. The third kappa shape index (κ3) is 3.61. The summed E-state index contributed by atoms with van der Waals surface area (Å²) in [4.78, 5) is 13.0.